The van der Waals surface area contributed by atoms with Crippen LogP contribution in [0.15, 0.2) is 217 Å². The summed E-state index contributed by atoms with van der Waals surface area (Å²) in [4.78, 5) is 52.5. The summed E-state index contributed by atoms with van der Waals surface area (Å²) < 4.78 is 0. The van der Waals surface area contributed by atoms with Crippen LogP contribution in [0.3, 0.4) is 0 Å². The number of nitrogens with zero attached hydrogens (tertiary/aromatic N) is 3. The molecule has 9 rings (SSSR count). The largest absolute Gasteiger partial charge is 0.399 e. The van der Waals surface area contributed by atoms with E-state index in [-0.39, 0.29) is 24.1 Å². The molecule has 0 aliphatic carbocycles. The summed E-state index contributed by atoms with van der Waals surface area (Å²) >= 11 is 3.10. The van der Waals surface area contributed by atoms with E-state index in [1.54, 1.807) is 17.0 Å². The fourth-order valence-electron chi connectivity index (χ4n) is 7.23. The quantitative estimate of drug-likeness (QED) is 0.0461. The SMILES string of the molecule is Cc1ccc(CCC(=O)c2ccccc2)cc1.Cc1ccc(N)cc1.Cc1ccc(N2CC(O)(c3ccccc3)N(c3ccc(C)cc3)C2=O)cc1.Cc1ccc(N=C=O)cc1.O=C(CBr)c1ccccc1. The molecular weight excluding hydrogens is 961 g/mol. The van der Waals surface area contributed by atoms with Crippen molar-refractivity contribution in [2.75, 3.05) is 27.4 Å². The summed E-state index contributed by atoms with van der Waals surface area (Å²) in [5.74, 6) is 0.340. The number of aliphatic imine (C=N–C) groups is 1. The molecule has 1 aliphatic heterocycles. The number of aryl methyl sites for hydroxylation is 6. The minimum Gasteiger partial charge on any atom is -0.399 e. The van der Waals surface area contributed by atoms with Crippen LogP contribution in [0.1, 0.15) is 66.1 Å². The predicted octanol–water partition coefficient (Wildman–Crippen LogP) is 14.2. The molecule has 0 spiro atoms. The van der Waals surface area contributed by atoms with Crippen LogP contribution in [0, 0.1) is 34.6 Å². The van der Waals surface area contributed by atoms with Crippen molar-refractivity contribution < 1.29 is 24.3 Å². The molecule has 366 valence electrons. The maximum absolute atomic E-state index is 13.4. The number of hydrogen-bond donors (Lipinski definition) is 2. The summed E-state index contributed by atoms with van der Waals surface area (Å²) in [6.45, 7) is 10.3. The van der Waals surface area contributed by atoms with E-state index >= 15 is 0 Å². The first kappa shape index (κ1) is 54.9. The summed E-state index contributed by atoms with van der Waals surface area (Å²) in [7, 11) is 0. The number of halogens is 1. The van der Waals surface area contributed by atoms with E-state index < -0.39 is 5.72 Å². The number of amides is 2. The minimum atomic E-state index is -1.45. The number of benzene rings is 8. The van der Waals surface area contributed by atoms with Crippen molar-refractivity contribution >= 4 is 62.4 Å². The number of aliphatic hydroxyl groups is 1. The van der Waals surface area contributed by atoms with Crippen LogP contribution in [0.2, 0.25) is 0 Å². The van der Waals surface area contributed by atoms with E-state index in [0.717, 1.165) is 45.6 Å². The minimum absolute atomic E-state index is 0.126. The van der Waals surface area contributed by atoms with Gasteiger partial charge in [-0.3, -0.25) is 19.4 Å². The van der Waals surface area contributed by atoms with Crippen LogP contribution in [-0.4, -0.2) is 40.7 Å². The molecule has 0 bridgehead atoms. The van der Waals surface area contributed by atoms with E-state index in [1.165, 1.54) is 27.7 Å². The van der Waals surface area contributed by atoms with E-state index in [1.807, 2.05) is 204 Å². The normalized spacial score (nSPS) is 13.2. The highest BCUT2D eigenvalue weighted by Crippen LogP contribution is 2.40. The Morgan fingerprint density at radius 3 is 1.42 bits per heavy atom. The topological polar surface area (TPSA) is 133 Å². The third-order valence-electron chi connectivity index (χ3n) is 11.4. The number of urea groups is 1. The van der Waals surface area contributed by atoms with Gasteiger partial charge in [-0.1, -0.05) is 208 Å². The first-order chi connectivity index (χ1) is 34.7. The highest BCUT2D eigenvalue weighted by atomic mass is 79.9. The zero-order valence-corrected chi connectivity index (χ0v) is 43.0. The summed E-state index contributed by atoms with van der Waals surface area (Å²) in [6, 6.07) is 66.7. The van der Waals surface area contributed by atoms with Crippen LogP contribution in [0.5, 0.6) is 0 Å². The number of nitrogen functional groups attached to an aromatic ring is 1. The number of hydrogen-bond acceptors (Lipinski definition) is 7. The Labute approximate surface area is 432 Å². The molecule has 1 atom stereocenters. The maximum atomic E-state index is 13.4. The number of alkyl halides is 1. The Bertz CT molecular complexity index is 2940. The van der Waals surface area contributed by atoms with E-state index in [4.69, 9.17) is 5.73 Å². The zero-order valence-electron chi connectivity index (χ0n) is 41.4. The van der Waals surface area contributed by atoms with Crippen LogP contribution < -0.4 is 15.5 Å². The van der Waals surface area contributed by atoms with Gasteiger partial charge in [0.1, 0.15) is 0 Å². The maximum Gasteiger partial charge on any atom is 0.331 e. The molecule has 1 heterocycles. The second-order valence-corrected chi connectivity index (χ2v) is 17.8. The van der Waals surface area contributed by atoms with Gasteiger partial charge in [0.05, 0.1) is 17.6 Å². The number of anilines is 3. The Kier molecular flexibility index (Phi) is 21.4. The number of isocyanates is 1. The van der Waals surface area contributed by atoms with Crippen LogP contribution in [-0.2, 0) is 16.9 Å². The molecule has 1 aliphatic rings. The summed E-state index contributed by atoms with van der Waals surface area (Å²) in [6.07, 6.45) is 2.87. The standard InChI is InChI=1S/C23H22N2O2.C16H16O.C8H7BrO.C8H7NO.C7H9N/c1-17-8-12-20(13-9-17)24-16-23(27,19-6-4-3-5-7-19)25(22(24)26)21-14-10-18(2)11-15-21;1-13-7-9-14(10-8-13)11-12-16(17)15-5-3-2-4-6-15;9-6-8(10)7-4-2-1-3-5-7;1-7-2-4-8(5-3-7)9-6-10;1-6-2-4-7(8)5-3-6/h3-15,27H,16H2,1-2H3;2-10H,11-12H2,1H3;1-5H,6H2;2-5H,1H3;2-5H,8H2,1H3. The third-order valence-corrected chi connectivity index (χ3v) is 11.9. The molecule has 3 N–H and O–H groups in total. The third kappa shape index (κ3) is 16.8. The number of rotatable bonds is 10. The average Bonchev–Trinajstić information content (AvgIpc) is 3.69. The lowest BCUT2D eigenvalue weighted by atomic mass is 10.0. The summed E-state index contributed by atoms with van der Waals surface area (Å²) in [5, 5.41) is 12.1. The molecule has 0 radical (unpaired) electrons. The molecule has 8 aromatic rings. The van der Waals surface area contributed by atoms with Gasteiger partial charge in [0.15, 0.2) is 17.3 Å². The molecule has 0 aromatic heterocycles. The van der Waals surface area contributed by atoms with Crippen LogP contribution >= 0.6 is 15.9 Å². The van der Waals surface area contributed by atoms with E-state index in [0.29, 0.717) is 28.7 Å². The molecule has 72 heavy (non-hydrogen) atoms. The van der Waals surface area contributed by atoms with Crippen molar-refractivity contribution in [3.8, 4) is 0 Å². The second kappa shape index (κ2) is 28.0. The summed E-state index contributed by atoms with van der Waals surface area (Å²) in [5.41, 5.74) is 16.3. The highest BCUT2D eigenvalue weighted by Gasteiger charge is 2.51. The van der Waals surface area contributed by atoms with Gasteiger partial charge < -0.3 is 10.8 Å². The van der Waals surface area contributed by atoms with Crippen molar-refractivity contribution in [2.45, 2.75) is 53.2 Å². The van der Waals surface area contributed by atoms with Gasteiger partial charge in [0, 0.05) is 40.2 Å². The number of Topliss-reactive ketones (excluding diaryl/α,β-unsaturated/α-hetero) is 2. The number of nitrogens with two attached hydrogens (primary N) is 1. The highest BCUT2D eigenvalue weighted by molar-refractivity contribution is 9.09. The number of β-amino-alcohol motifs (C(OH)–C–C–N with tert-alkyl or cyclic N) is 1. The molecule has 0 saturated carbocycles. The number of carbonyl (C=O) groups is 3. The van der Waals surface area contributed by atoms with E-state index in [2.05, 4.69) is 52.1 Å². The van der Waals surface area contributed by atoms with Crippen LogP contribution in [0.4, 0.5) is 27.5 Å². The Morgan fingerprint density at radius 1 is 0.569 bits per heavy atom. The molecule has 8 aromatic carbocycles. The van der Waals surface area contributed by atoms with Crippen molar-refractivity contribution in [1.29, 1.82) is 0 Å². The smallest absolute Gasteiger partial charge is 0.331 e. The van der Waals surface area contributed by atoms with Crippen molar-refractivity contribution in [3.05, 3.63) is 262 Å². The zero-order chi connectivity index (χ0) is 51.9. The van der Waals surface area contributed by atoms with Gasteiger partial charge in [-0.15, -0.1) is 0 Å². The van der Waals surface area contributed by atoms with Gasteiger partial charge in [0.25, 0.3) is 0 Å². The second-order valence-electron chi connectivity index (χ2n) is 17.2. The van der Waals surface area contributed by atoms with E-state index in [9.17, 15) is 24.3 Å². The van der Waals surface area contributed by atoms with Crippen molar-refractivity contribution in [2.24, 2.45) is 4.99 Å². The van der Waals surface area contributed by atoms with Gasteiger partial charge in [-0.05, 0) is 95.1 Å². The van der Waals surface area contributed by atoms with Crippen molar-refractivity contribution in [1.82, 2.24) is 0 Å². The van der Waals surface area contributed by atoms with Gasteiger partial charge in [-0.25, -0.2) is 9.59 Å². The molecule has 1 fully saturated rings. The Balaban J connectivity index is 0.000000183. The average molecular weight is 1020 g/mol. The Hall–Kier alpha value is -8.01. The molecular formula is C62H61BrN4O5. The lowest BCUT2D eigenvalue weighted by molar-refractivity contribution is 0.0655. The molecule has 1 unspecified atom stereocenters. The lowest BCUT2D eigenvalue weighted by Gasteiger charge is -2.32. The van der Waals surface area contributed by atoms with Gasteiger partial charge in [-0.2, -0.15) is 4.99 Å². The fraction of sp³-hybridized carbons (Fsp3) is 0.161. The number of ketones is 2. The molecule has 9 nitrogen and oxygen atoms in total. The van der Waals surface area contributed by atoms with Crippen molar-refractivity contribution in [3.63, 3.8) is 0 Å². The number of carbonyl (C=O) groups excluding carboxylic acids is 4. The van der Waals surface area contributed by atoms with Gasteiger partial charge in [0.2, 0.25) is 6.08 Å². The fourth-order valence-corrected chi connectivity index (χ4v) is 7.55. The van der Waals surface area contributed by atoms with Crippen LogP contribution in [0.25, 0.3) is 0 Å². The predicted molar refractivity (Wildman–Crippen MR) is 297 cm³/mol. The van der Waals surface area contributed by atoms with Gasteiger partial charge >= 0.3 is 6.03 Å². The first-order valence-corrected chi connectivity index (χ1v) is 24.6. The molecule has 2 amide bonds. The Morgan fingerprint density at radius 2 is 0.972 bits per heavy atom. The molecule has 10 heteroatoms. The monoisotopic (exact) mass is 1020 g/mol. The first-order valence-electron chi connectivity index (χ1n) is 23.5. The lowest BCUT2D eigenvalue weighted by Crippen LogP contribution is -2.44. The molecule has 1 saturated heterocycles.